The smallest absolute Gasteiger partial charge is 0.252 e. The van der Waals surface area contributed by atoms with Gasteiger partial charge in [-0.2, -0.15) is 0 Å². The van der Waals surface area contributed by atoms with Gasteiger partial charge in [-0.3, -0.25) is 9.69 Å². The van der Waals surface area contributed by atoms with Crippen LogP contribution in [0.2, 0.25) is 0 Å². The zero-order valence-corrected chi connectivity index (χ0v) is 24.6. The van der Waals surface area contributed by atoms with E-state index in [4.69, 9.17) is 4.98 Å². The number of amides is 1. The molecule has 206 valence electrons. The highest BCUT2D eigenvalue weighted by molar-refractivity contribution is 9.10. The molecule has 0 aliphatic carbocycles. The van der Waals surface area contributed by atoms with Crippen LogP contribution < -0.4 is 5.32 Å². The highest BCUT2D eigenvalue weighted by Crippen LogP contribution is 2.32. The standard InChI is InChI=1S/C34H37BrN4O/c35-27-13-9-10-25(22-27)23-36-34(40)32-29-14-5-6-15-31(29)37-33(26-11-3-1-4-12-26)30(32)24-38-20-16-28(17-21-38)39-18-7-2-8-19-39/h1,3-6,9-15,22,28H,2,7-8,16-21,23-24H2,(H,36,40). The fraction of sp³-hybridized carbons (Fsp3) is 0.353. The molecule has 1 amide bonds. The normalized spacial score (nSPS) is 17.2. The first-order valence-corrected chi connectivity index (χ1v) is 15.4. The Morgan fingerprint density at radius 3 is 2.40 bits per heavy atom. The summed E-state index contributed by atoms with van der Waals surface area (Å²) in [5, 5.41) is 4.14. The molecular weight excluding hydrogens is 560 g/mol. The Bertz CT molecular complexity index is 1460. The zero-order valence-electron chi connectivity index (χ0n) is 23.0. The van der Waals surface area contributed by atoms with E-state index >= 15 is 0 Å². The van der Waals surface area contributed by atoms with Gasteiger partial charge in [0.15, 0.2) is 0 Å². The quantitative estimate of drug-likeness (QED) is 0.248. The number of nitrogens with one attached hydrogen (secondary N) is 1. The van der Waals surface area contributed by atoms with Crippen molar-refractivity contribution in [3.8, 4) is 11.3 Å². The average Bonchev–Trinajstić information content (AvgIpc) is 3.01. The van der Waals surface area contributed by atoms with Crippen LogP contribution in [0.15, 0.2) is 83.3 Å². The van der Waals surface area contributed by atoms with Gasteiger partial charge in [-0.25, -0.2) is 4.98 Å². The number of likely N-dealkylation sites (tertiary alicyclic amines) is 2. The van der Waals surface area contributed by atoms with Crippen molar-refractivity contribution in [2.75, 3.05) is 26.2 Å². The average molecular weight is 598 g/mol. The first kappa shape index (κ1) is 27.1. The molecule has 1 N–H and O–H groups in total. The first-order chi connectivity index (χ1) is 19.7. The number of piperidine rings is 2. The SMILES string of the molecule is O=C(NCc1cccc(Br)c1)c1c(CN2CCC(N3CCCCC3)CC2)c(-c2ccccc2)nc2ccccc12. The van der Waals surface area contributed by atoms with E-state index in [2.05, 4.69) is 43.2 Å². The number of hydrogen-bond acceptors (Lipinski definition) is 4. The van der Waals surface area contributed by atoms with Crippen LogP contribution in [0, 0.1) is 0 Å². The molecule has 4 aromatic rings. The molecule has 5 nitrogen and oxygen atoms in total. The summed E-state index contributed by atoms with van der Waals surface area (Å²) < 4.78 is 1.01. The largest absolute Gasteiger partial charge is 0.348 e. The number of hydrogen-bond donors (Lipinski definition) is 1. The van der Waals surface area contributed by atoms with E-state index in [1.807, 2.05) is 66.7 Å². The Morgan fingerprint density at radius 2 is 1.62 bits per heavy atom. The lowest BCUT2D eigenvalue weighted by atomic mass is 9.94. The molecule has 0 atom stereocenters. The Labute approximate surface area is 245 Å². The first-order valence-electron chi connectivity index (χ1n) is 14.6. The zero-order chi connectivity index (χ0) is 27.3. The molecule has 0 saturated carbocycles. The molecule has 0 spiro atoms. The predicted molar refractivity (Wildman–Crippen MR) is 166 cm³/mol. The second-order valence-corrected chi connectivity index (χ2v) is 12.0. The lowest BCUT2D eigenvalue weighted by Gasteiger charge is -2.40. The third-order valence-electron chi connectivity index (χ3n) is 8.46. The number of para-hydroxylation sites is 1. The molecule has 6 rings (SSSR count). The summed E-state index contributed by atoms with van der Waals surface area (Å²) in [5.41, 5.74) is 5.63. The minimum atomic E-state index is -0.0473. The van der Waals surface area contributed by atoms with Crippen LogP contribution in [0.5, 0.6) is 0 Å². The molecule has 2 aliphatic rings. The number of aromatic nitrogens is 1. The summed E-state index contributed by atoms with van der Waals surface area (Å²) in [6.07, 6.45) is 6.42. The molecule has 3 heterocycles. The van der Waals surface area contributed by atoms with Crippen LogP contribution >= 0.6 is 15.9 Å². The maximum atomic E-state index is 14.0. The molecular formula is C34H37BrN4O. The van der Waals surface area contributed by atoms with Crippen molar-refractivity contribution in [1.82, 2.24) is 20.1 Å². The number of nitrogens with zero attached hydrogens (tertiary/aromatic N) is 3. The van der Waals surface area contributed by atoms with Crippen LogP contribution in [-0.2, 0) is 13.1 Å². The summed E-state index contributed by atoms with van der Waals surface area (Å²) >= 11 is 3.55. The number of fused-ring (bicyclic) bond motifs is 1. The van der Waals surface area contributed by atoms with Crippen LogP contribution in [-0.4, -0.2) is 52.9 Å². The van der Waals surface area contributed by atoms with Crippen molar-refractivity contribution >= 4 is 32.7 Å². The van der Waals surface area contributed by atoms with Crippen LogP contribution in [0.3, 0.4) is 0 Å². The molecule has 0 bridgehead atoms. The lowest BCUT2D eigenvalue weighted by molar-refractivity contribution is 0.0885. The fourth-order valence-corrected chi connectivity index (χ4v) is 6.81. The third-order valence-corrected chi connectivity index (χ3v) is 8.95. The van der Waals surface area contributed by atoms with E-state index in [1.165, 1.54) is 45.2 Å². The van der Waals surface area contributed by atoms with Gasteiger partial charge in [0, 0.05) is 40.1 Å². The van der Waals surface area contributed by atoms with E-state index < -0.39 is 0 Å². The highest BCUT2D eigenvalue weighted by Gasteiger charge is 2.28. The number of pyridine rings is 1. The van der Waals surface area contributed by atoms with Gasteiger partial charge >= 0.3 is 0 Å². The monoisotopic (exact) mass is 596 g/mol. The number of carbonyl (C=O) groups excluding carboxylic acids is 1. The minimum Gasteiger partial charge on any atom is -0.348 e. The lowest BCUT2D eigenvalue weighted by Crippen LogP contribution is -2.46. The molecule has 40 heavy (non-hydrogen) atoms. The summed E-state index contributed by atoms with van der Waals surface area (Å²) in [7, 11) is 0. The summed E-state index contributed by atoms with van der Waals surface area (Å²) in [6, 6.07) is 27.2. The van der Waals surface area contributed by atoms with Crippen molar-refractivity contribution in [1.29, 1.82) is 0 Å². The summed E-state index contributed by atoms with van der Waals surface area (Å²) in [5.74, 6) is -0.0473. The van der Waals surface area contributed by atoms with E-state index in [1.54, 1.807) is 0 Å². The Balaban J connectivity index is 1.34. The van der Waals surface area contributed by atoms with E-state index in [0.717, 1.165) is 56.4 Å². The maximum absolute atomic E-state index is 14.0. The fourth-order valence-electron chi connectivity index (χ4n) is 6.37. The number of carbonyl (C=O) groups is 1. The minimum absolute atomic E-state index is 0.0473. The maximum Gasteiger partial charge on any atom is 0.252 e. The van der Waals surface area contributed by atoms with Gasteiger partial charge in [-0.1, -0.05) is 83.0 Å². The van der Waals surface area contributed by atoms with Gasteiger partial charge in [0.05, 0.1) is 16.8 Å². The summed E-state index contributed by atoms with van der Waals surface area (Å²) in [6.45, 7) is 5.77. The molecule has 2 aliphatic heterocycles. The molecule has 0 unspecified atom stereocenters. The van der Waals surface area contributed by atoms with Crippen LogP contribution in [0.25, 0.3) is 22.2 Å². The topological polar surface area (TPSA) is 48.5 Å². The Hall–Kier alpha value is -3.06. The number of rotatable bonds is 7. The van der Waals surface area contributed by atoms with Crippen molar-refractivity contribution in [3.63, 3.8) is 0 Å². The number of benzene rings is 3. The van der Waals surface area contributed by atoms with Gasteiger partial charge in [0.1, 0.15) is 0 Å². The van der Waals surface area contributed by atoms with Crippen molar-refractivity contribution in [2.24, 2.45) is 0 Å². The van der Waals surface area contributed by atoms with Gasteiger partial charge < -0.3 is 10.2 Å². The van der Waals surface area contributed by atoms with E-state index in [-0.39, 0.29) is 5.91 Å². The van der Waals surface area contributed by atoms with Crippen molar-refractivity contribution < 1.29 is 4.79 Å². The van der Waals surface area contributed by atoms with E-state index in [9.17, 15) is 4.79 Å². The molecule has 3 aromatic carbocycles. The van der Waals surface area contributed by atoms with Gasteiger partial charge in [0.25, 0.3) is 5.91 Å². The molecule has 1 aromatic heterocycles. The second kappa shape index (κ2) is 12.6. The summed E-state index contributed by atoms with van der Waals surface area (Å²) in [4.78, 5) is 24.4. The molecule has 2 fully saturated rings. The highest BCUT2D eigenvalue weighted by atomic mass is 79.9. The van der Waals surface area contributed by atoms with Crippen LogP contribution in [0.4, 0.5) is 0 Å². The molecule has 6 heteroatoms. The van der Waals surface area contributed by atoms with Gasteiger partial charge in [-0.05, 0) is 75.6 Å². The van der Waals surface area contributed by atoms with Crippen molar-refractivity contribution in [3.05, 3.63) is 100 Å². The molecule has 2 saturated heterocycles. The second-order valence-electron chi connectivity index (χ2n) is 11.1. The van der Waals surface area contributed by atoms with Gasteiger partial charge in [-0.15, -0.1) is 0 Å². The van der Waals surface area contributed by atoms with E-state index in [0.29, 0.717) is 19.1 Å². The number of halogens is 1. The van der Waals surface area contributed by atoms with Gasteiger partial charge in [0.2, 0.25) is 0 Å². The van der Waals surface area contributed by atoms with Crippen molar-refractivity contribution in [2.45, 2.75) is 51.2 Å². The van der Waals surface area contributed by atoms with Crippen LogP contribution in [0.1, 0.15) is 53.6 Å². The third kappa shape index (κ3) is 6.14. The molecule has 0 radical (unpaired) electrons. The predicted octanol–water partition coefficient (Wildman–Crippen LogP) is 7.04. The Kier molecular flexibility index (Phi) is 8.57. The Morgan fingerprint density at radius 1 is 0.875 bits per heavy atom.